The number of nitrogens with one attached hydrogen (secondary N) is 1. The van der Waals surface area contributed by atoms with Crippen LogP contribution in [0.25, 0.3) is 0 Å². The van der Waals surface area contributed by atoms with Gasteiger partial charge >= 0.3 is 5.97 Å². The van der Waals surface area contributed by atoms with Crippen molar-refractivity contribution < 1.29 is 14.7 Å². The summed E-state index contributed by atoms with van der Waals surface area (Å²) in [5, 5.41) is 12.6. The number of anilines is 1. The fourth-order valence-electron chi connectivity index (χ4n) is 4.18. The first kappa shape index (κ1) is 18.0. The number of carboxylic acid groups (broad SMARTS) is 1. The van der Waals surface area contributed by atoms with E-state index in [1.807, 2.05) is 30.3 Å². The SMILES string of the molecule is O=C(O)c1ccc(CN2CCC(C3C(=O)Nc4cc(Cl)ccc43)CC2)cc1. The highest BCUT2D eigenvalue weighted by Crippen LogP contribution is 2.42. The summed E-state index contributed by atoms with van der Waals surface area (Å²) in [6.07, 6.45) is 1.93. The molecule has 27 heavy (non-hydrogen) atoms. The van der Waals surface area contributed by atoms with Gasteiger partial charge in [-0.05, 0) is 67.2 Å². The van der Waals surface area contributed by atoms with Gasteiger partial charge in [-0.15, -0.1) is 0 Å². The lowest BCUT2D eigenvalue weighted by Gasteiger charge is -2.34. The molecular formula is C21H21ClN2O3. The highest BCUT2D eigenvalue weighted by molar-refractivity contribution is 6.31. The number of benzene rings is 2. The number of likely N-dealkylation sites (tertiary alicyclic amines) is 1. The van der Waals surface area contributed by atoms with E-state index in [4.69, 9.17) is 16.7 Å². The van der Waals surface area contributed by atoms with Gasteiger partial charge in [-0.3, -0.25) is 9.69 Å². The van der Waals surface area contributed by atoms with E-state index < -0.39 is 5.97 Å². The molecule has 2 aliphatic rings. The molecule has 1 saturated heterocycles. The first-order valence-electron chi connectivity index (χ1n) is 9.16. The lowest BCUT2D eigenvalue weighted by molar-refractivity contribution is -0.118. The number of amides is 1. The molecule has 1 amide bonds. The average Bonchev–Trinajstić information content (AvgIpc) is 2.97. The van der Waals surface area contributed by atoms with Crippen LogP contribution in [0.15, 0.2) is 42.5 Å². The third-order valence-electron chi connectivity index (χ3n) is 5.60. The van der Waals surface area contributed by atoms with Crippen molar-refractivity contribution in [1.29, 1.82) is 0 Å². The predicted molar refractivity (Wildman–Crippen MR) is 104 cm³/mol. The van der Waals surface area contributed by atoms with Gasteiger partial charge < -0.3 is 10.4 Å². The lowest BCUT2D eigenvalue weighted by atomic mass is 9.80. The summed E-state index contributed by atoms with van der Waals surface area (Å²) < 4.78 is 0. The van der Waals surface area contributed by atoms with Crippen LogP contribution in [0.5, 0.6) is 0 Å². The topological polar surface area (TPSA) is 69.6 Å². The summed E-state index contributed by atoms with van der Waals surface area (Å²) in [5.41, 5.74) is 3.33. The normalized spacial score (nSPS) is 20.3. The van der Waals surface area contributed by atoms with Crippen LogP contribution in [-0.4, -0.2) is 35.0 Å². The Labute approximate surface area is 162 Å². The fraction of sp³-hybridized carbons (Fsp3) is 0.333. The molecule has 4 rings (SSSR count). The highest BCUT2D eigenvalue weighted by Gasteiger charge is 2.38. The van der Waals surface area contributed by atoms with Gasteiger partial charge in [0.05, 0.1) is 11.5 Å². The second-order valence-electron chi connectivity index (χ2n) is 7.31. The Morgan fingerprint density at radius 2 is 1.85 bits per heavy atom. The lowest BCUT2D eigenvalue weighted by Crippen LogP contribution is -2.36. The van der Waals surface area contributed by atoms with Gasteiger partial charge in [-0.25, -0.2) is 4.79 Å². The molecule has 2 N–H and O–H groups in total. The van der Waals surface area contributed by atoms with Crippen molar-refractivity contribution in [1.82, 2.24) is 4.90 Å². The van der Waals surface area contributed by atoms with Crippen LogP contribution in [0.4, 0.5) is 5.69 Å². The molecule has 1 fully saturated rings. The average molecular weight is 385 g/mol. The van der Waals surface area contributed by atoms with Crippen molar-refractivity contribution in [2.75, 3.05) is 18.4 Å². The first-order valence-corrected chi connectivity index (χ1v) is 9.54. The molecule has 0 saturated carbocycles. The Balaban J connectivity index is 1.38. The van der Waals surface area contributed by atoms with Crippen molar-refractivity contribution in [2.24, 2.45) is 5.92 Å². The van der Waals surface area contributed by atoms with E-state index >= 15 is 0 Å². The minimum atomic E-state index is -0.904. The van der Waals surface area contributed by atoms with E-state index in [1.54, 1.807) is 12.1 Å². The Morgan fingerprint density at radius 1 is 1.15 bits per heavy atom. The number of hydrogen-bond donors (Lipinski definition) is 2. The van der Waals surface area contributed by atoms with Crippen LogP contribution < -0.4 is 5.32 Å². The van der Waals surface area contributed by atoms with Gasteiger partial charge in [-0.2, -0.15) is 0 Å². The number of aromatic carboxylic acids is 1. The molecule has 2 aromatic carbocycles. The molecule has 2 heterocycles. The second kappa shape index (κ2) is 7.33. The van der Waals surface area contributed by atoms with E-state index in [1.165, 1.54) is 0 Å². The Bertz CT molecular complexity index is 873. The van der Waals surface area contributed by atoms with Crippen LogP contribution in [0.3, 0.4) is 0 Å². The van der Waals surface area contributed by atoms with E-state index in [0.29, 0.717) is 16.5 Å². The molecule has 2 aromatic rings. The standard InChI is InChI=1S/C21H21ClN2O3/c22-16-5-6-17-18(11-16)23-20(25)19(17)14-7-9-24(10-8-14)12-13-1-3-15(4-2-13)21(26)27/h1-6,11,14,19H,7-10,12H2,(H,23,25)(H,26,27). The zero-order valence-electron chi connectivity index (χ0n) is 14.8. The molecule has 0 aliphatic carbocycles. The van der Waals surface area contributed by atoms with Crippen molar-refractivity contribution in [3.05, 3.63) is 64.2 Å². The smallest absolute Gasteiger partial charge is 0.335 e. The fourth-order valence-corrected chi connectivity index (χ4v) is 4.36. The molecule has 140 valence electrons. The Morgan fingerprint density at radius 3 is 2.52 bits per heavy atom. The number of piperidine rings is 1. The number of fused-ring (bicyclic) bond motifs is 1. The van der Waals surface area contributed by atoms with Gasteiger partial charge in [0.2, 0.25) is 5.91 Å². The van der Waals surface area contributed by atoms with Crippen LogP contribution in [-0.2, 0) is 11.3 Å². The van der Waals surface area contributed by atoms with Crippen molar-refractivity contribution in [3.8, 4) is 0 Å². The largest absolute Gasteiger partial charge is 0.478 e. The molecule has 0 spiro atoms. The predicted octanol–water partition coefficient (Wildman–Crippen LogP) is 3.99. The molecule has 2 aliphatic heterocycles. The molecule has 0 bridgehead atoms. The van der Waals surface area contributed by atoms with Gasteiger partial charge in [0.15, 0.2) is 0 Å². The molecular weight excluding hydrogens is 364 g/mol. The number of hydrogen-bond acceptors (Lipinski definition) is 3. The first-order chi connectivity index (χ1) is 13.0. The summed E-state index contributed by atoms with van der Waals surface area (Å²) in [5.74, 6) is -0.582. The van der Waals surface area contributed by atoms with Crippen LogP contribution in [0.1, 0.15) is 40.2 Å². The number of carboxylic acids is 1. The number of carbonyl (C=O) groups is 2. The zero-order valence-corrected chi connectivity index (χ0v) is 15.6. The number of rotatable bonds is 4. The summed E-state index contributed by atoms with van der Waals surface area (Å²) in [7, 11) is 0. The molecule has 1 atom stereocenters. The second-order valence-corrected chi connectivity index (χ2v) is 7.75. The molecule has 0 aromatic heterocycles. The quantitative estimate of drug-likeness (QED) is 0.836. The number of nitrogens with zero attached hydrogens (tertiary/aromatic N) is 1. The molecule has 6 heteroatoms. The maximum atomic E-state index is 12.5. The summed E-state index contributed by atoms with van der Waals surface area (Å²) in [4.78, 5) is 25.8. The Hall–Kier alpha value is -2.37. The van der Waals surface area contributed by atoms with E-state index in [9.17, 15) is 9.59 Å². The minimum Gasteiger partial charge on any atom is -0.478 e. The van der Waals surface area contributed by atoms with E-state index in [0.717, 1.165) is 49.3 Å². The van der Waals surface area contributed by atoms with Gasteiger partial charge in [0, 0.05) is 17.3 Å². The maximum Gasteiger partial charge on any atom is 0.335 e. The van der Waals surface area contributed by atoms with Gasteiger partial charge in [0.1, 0.15) is 0 Å². The number of halogens is 1. The molecule has 0 radical (unpaired) electrons. The van der Waals surface area contributed by atoms with Crippen molar-refractivity contribution in [3.63, 3.8) is 0 Å². The zero-order chi connectivity index (χ0) is 19.0. The number of carbonyl (C=O) groups excluding carboxylic acids is 1. The third-order valence-corrected chi connectivity index (χ3v) is 5.84. The summed E-state index contributed by atoms with van der Waals surface area (Å²) >= 11 is 6.04. The van der Waals surface area contributed by atoms with Crippen LogP contribution in [0, 0.1) is 5.92 Å². The summed E-state index contributed by atoms with van der Waals surface area (Å²) in [6.45, 7) is 2.66. The third kappa shape index (κ3) is 3.70. The monoisotopic (exact) mass is 384 g/mol. The summed E-state index contributed by atoms with van der Waals surface area (Å²) in [6, 6.07) is 12.7. The minimum absolute atomic E-state index is 0.0787. The van der Waals surface area contributed by atoms with E-state index in [2.05, 4.69) is 10.2 Å². The molecule has 1 unspecified atom stereocenters. The van der Waals surface area contributed by atoms with E-state index in [-0.39, 0.29) is 11.8 Å². The van der Waals surface area contributed by atoms with Crippen LogP contribution in [0.2, 0.25) is 5.02 Å². The molecule has 5 nitrogen and oxygen atoms in total. The highest BCUT2D eigenvalue weighted by atomic mass is 35.5. The van der Waals surface area contributed by atoms with Crippen molar-refractivity contribution >= 4 is 29.2 Å². The Kier molecular flexibility index (Phi) is 4.89. The van der Waals surface area contributed by atoms with Gasteiger partial charge in [-0.1, -0.05) is 29.8 Å². The maximum absolute atomic E-state index is 12.5. The van der Waals surface area contributed by atoms with Gasteiger partial charge in [0.25, 0.3) is 0 Å². The van der Waals surface area contributed by atoms with Crippen LogP contribution >= 0.6 is 11.6 Å². The van der Waals surface area contributed by atoms with Crippen molar-refractivity contribution in [2.45, 2.75) is 25.3 Å².